The van der Waals surface area contributed by atoms with Gasteiger partial charge >= 0.3 is 0 Å². The van der Waals surface area contributed by atoms with Gasteiger partial charge in [0.15, 0.2) is 21.2 Å². The van der Waals surface area contributed by atoms with Gasteiger partial charge in [0.2, 0.25) is 0 Å². The third-order valence-electron chi connectivity index (χ3n) is 7.87. The van der Waals surface area contributed by atoms with Crippen LogP contribution in [0, 0.1) is 6.92 Å². The highest BCUT2D eigenvalue weighted by molar-refractivity contribution is 7.91. The van der Waals surface area contributed by atoms with Crippen LogP contribution in [0.5, 0.6) is 0 Å². The fourth-order valence-electron chi connectivity index (χ4n) is 5.60. The minimum absolute atomic E-state index is 0.00919. The van der Waals surface area contributed by atoms with Crippen LogP contribution in [0.1, 0.15) is 51.6 Å². The molecule has 0 aliphatic carbocycles. The Morgan fingerprint density at radius 3 is 2.33 bits per heavy atom. The molecule has 2 fully saturated rings. The van der Waals surface area contributed by atoms with Crippen LogP contribution in [0.3, 0.4) is 0 Å². The van der Waals surface area contributed by atoms with Gasteiger partial charge in [0, 0.05) is 31.7 Å². The van der Waals surface area contributed by atoms with Crippen molar-refractivity contribution < 1.29 is 22.4 Å². The zero-order valence-corrected chi connectivity index (χ0v) is 23.4. The first-order valence-corrected chi connectivity index (χ1v) is 15.4. The molecule has 0 bridgehead atoms. The van der Waals surface area contributed by atoms with Crippen molar-refractivity contribution in [3.8, 4) is 11.3 Å². The molecule has 3 aromatic heterocycles. The number of fused-ring (bicyclic) bond motifs is 1. The lowest BCUT2D eigenvalue weighted by molar-refractivity contribution is 0.0519. The molecule has 2 saturated heterocycles. The molecule has 5 heterocycles. The molecule has 208 valence electrons. The maximum atomic E-state index is 14.0. The SMILES string of the molecule is CCc1ccc(-c2cc(C(=O)N3CCN(C(=O)c4ccco4)CC3)c3c(C)nn(C4CCS(=O)(=O)C4)c3n2)cc1. The highest BCUT2D eigenvalue weighted by atomic mass is 32.2. The number of piperazine rings is 1. The first-order valence-electron chi connectivity index (χ1n) is 13.6. The van der Waals surface area contributed by atoms with Crippen molar-refractivity contribution in [2.75, 3.05) is 37.7 Å². The monoisotopic (exact) mass is 561 g/mol. The van der Waals surface area contributed by atoms with Gasteiger partial charge in [-0.15, -0.1) is 0 Å². The molecule has 1 atom stereocenters. The quantitative estimate of drug-likeness (QED) is 0.366. The van der Waals surface area contributed by atoms with Crippen LogP contribution in [0.4, 0.5) is 0 Å². The molecule has 11 heteroatoms. The molecule has 0 radical (unpaired) electrons. The number of aromatic nitrogens is 3. The van der Waals surface area contributed by atoms with E-state index in [1.54, 1.807) is 26.6 Å². The van der Waals surface area contributed by atoms with Crippen molar-refractivity contribution in [2.45, 2.75) is 32.7 Å². The number of furan rings is 1. The lowest BCUT2D eigenvalue weighted by Crippen LogP contribution is -2.50. The molecule has 4 aromatic rings. The van der Waals surface area contributed by atoms with E-state index in [2.05, 4.69) is 6.92 Å². The summed E-state index contributed by atoms with van der Waals surface area (Å²) in [6, 6.07) is 12.9. The highest BCUT2D eigenvalue weighted by Crippen LogP contribution is 2.33. The largest absolute Gasteiger partial charge is 0.459 e. The van der Waals surface area contributed by atoms with E-state index < -0.39 is 9.84 Å². The van der Waals surface area contributed by atoms with Crippen LogP contribution in [-0.4, -0.2) is 82.5 Å². The van der Waals surface area contributed by atoms with Gasteiger partial charge in [-0.05, 0) is 43.5 Å². The van der Waals surface area contributed by atoms with Gasteiger partial charge in [0.25, 0.3) is 11.8 Å². The van der Waals surface area contributed by atoms with Crippen molar-refractivity contribution >= 4 is 32.7 Å². The van der Waals surface area contributed by atoms with Crippen molar-refractivity contribution in [3.05, 3.63) is 71.3 Å². The van der Waals surface area contributed by atoms with Gasteiger partial charge in [-0.25, -0.2) is 18.1 Å². The Kier molecular flexibility index (Phi) is 6.69. The lowest BCUT2D eigenvalue weighted by Gasteiger charge is -2.34. The summed E-state index contributed by atoms with van der Waals surface area (Å²) in [5.41, 5.74) is 4.33. The molecule has 1 unspecified atom stereocenters. The second kappa shape index (κ2) is 10.2. The second-order valence-electron chi connectivity index (χ2n) is 10.5. The minimum Gasteiger partial charge on any atom is -0.459 e. The topological polar surface area (TPSA) is 119 Å². The van der Waals surface area contributed by atoms with E-state index in [4.69, 9.17) is 14.5 Å². The number of benzene rings is 1. The van der Waals surface area contributed by atoms with Crippen molar-refractivity contribution in [2.24, 2.45) is 0 Å². The Morgan fingerprint density at radius 1 is 1.02 bits per heavy atom. The third-order valence-corrected chi connectivity index (χ3v) is 9.62. The van der Waals surface area contributed by atoms with Crippen LogP contribution >= 0.6 is 0 Å². The van der Waals surface area contributed by atoms with E-state index in [0.29, 0.717) is 60.6 Å². The summed E-state index contributed by atoms with van der Waals surface area (Å²) < 4.78 is 31.5. The maximum absolute atomic E-state index is 14.0. The Bertz CT molecular complexity index is 1680. The van der Waals surface area contributed by atoms with Crippen LogP contribution in [-0.2, 0) is 16.3 Å². The summed E-state index contributed by atoms with van der Waals surface area (Å²) in [6.45, 7) is 5.46. The molecule has 6 rings (SSSR count). The second-order valence-corrected chi connectivity index (χ2v) is 12.7. The number of carbonyl (C=O) groups is 2. The van der Waals surface area contributed by atoms with E-state index >= 15 is 0 Å². The Morgan fingerprint density at radius 2 is 1.73 bits per heavy atom. The molecule has 1 aromatic carbocycles. The molecule has 40 heavy (non-hydrogen) atoms. The number of rotatable bonds is 5. The van der Waals surface area contributed by atoms with Crippen molar-refractivity contribution in [1.29, 1.82) is 0 Å². The van der Waals surface area contributed by atoms with Gasteiger partial charge in [-0.3, -0.25) is 9.59 Å². The summed E-state index contributed by atoms with van der Waals surface area (Å²) in [6.07, 6.45) is 2.84. The highest BCUT2D eigenvalue weighted by Gasteiger charge is 2.34. The molecular weight excluding hydrogens is 530 g/mol. The summed E-state index contributed by atoms with van der Waals surface area (Å²) in [4.78, 5) is 35.1. The number of hydrogen-bond acceptors (Lipinski definition) is 7. The Balaban J connectivity index is 1.37. The standard InChI is InChI=1S/C29H31N5O5S/c1-3-20-6-8-21(9-7-20)24-17-23(26-19(2)31-34(27(26)30-24)22-10-16-40(37,38)18-22)28(35)32-11-13-33(14-12-32)29(36)25-5-4-15-39-25/h4-9,15,17,22H,3,10-14,16,18H2,1-2H3. The van der Waals surface area contributed by atoms with Gasteiger partial charge in [-0.1, -0.05) is 31.2 Å². The zero-order chi connectivity index (χ0) is 28.0. The van der Waals surface area contributed by atoms with Gasteiger partial charge in [0.1, 0.15) is 0 Å². The predicted molar refractivity (Wildman–Crippen MR) is 150 cm³/mol. The molecular formula is C29H31N5O5S. The normalized spacial score (nSPS) is 18.9. The van der Waals surface area contributed by atoms with Gasteiger partial charge in [-0.2, -0.15) is 5.10 Å². The zero-order valence-electron chi connectivity index (χ0n) is 22.5. The van der Waals surface area contributed by atoms with Crippen LogP contribution < -0.4 is 0 Å². The van der Waals surface area contributed by atoms with E-state index in [9.17, 15) is 18.0 Å². The van der Waals surface area contributed by atoms with Crippen molar-refractivity contribution in [3.63, 3.8) is 0 Å². The molecule has 0 saturated carbocycles. The minimum atomic E-state index is -3.15. The fraction of sp³-hybridized carbons (Fsp3) is 0.379. The number of amides is 2. The molecule has 10 nitrogen and oxygen atoms in total. The molecule has 2 aliphatic heterocycles. The summed E-state index contributed by atoms with van der Waals surface area (Å²) in [7, 11) is -3.15. The number of carbonyl (C=O) groups excluding carboxylic acids is 2. The maximum Gasteiger partial charge on any atom is 0.289 e. The van der Waals surface area contributed by atoms with Gasteiger partial charge < -0.3 is 14.2 Å². The van der Waals surface area contributed by atoms with Crippen molar-refractivity contribution in [1.82, 2.24) is 24.6 Å². The summed E-state index contributed by atoms with van der Waals surface area (Å²) in [5.74, 6) is 0.0555. The number of sulfone groups is 1. The van der Waals surface area contributed by atoms with Crippen LogP contribution in [0.2, 0.25) is 0 Å². The smallest absolute Gasteiger partial charge is 0.289 e. The Labute approximate surface area is 232 Å². The number of hydrogen-bond donors (Lipinski definition) is 0. The number of nitrogens with zero attached hydrogens (tertiary/aromatic N) is 5. The molecule has 2 amide bonds. The average molecular weight is 562 g/mol. The first-order chi connectivity index (χ1) is 19.2. The predicted octanol–water partition coefficient (Wildman–Crippen LogP) is 3.52. The van der Waals surface area contributed by atoms with E-state index in [-0.39, 0.29) is 35.1 Å². The third kappa shape index (κ3) is 4.78. The van der Waals surface area contributed by atoms with E-state index in [0.717, 1.165) is 12.0 Å². The van der Waals surface area contributed by atoms with Crippen LogP contribution in [0.25, 0.3) is 22.3 Å². The van der Waals surface area contributed by atoms with Crippen LogP contribution in [0.15, 0.2) is 53.1 Å². The van der Waals surface area contributed by atoms with Gasteiger partial charge in [0.05, 0.1) is 46.1 Å². The first kappa shape index (κ1) is 26.2. The molecule has 2 aliphatic rings. The number of pyridine rings is 1. The Hall–Kier alpha value is -3.99. The molecule has 0 spiro atoms. The fourth-order valence-corrected chi connectivity index (χ4v) is 7.29. The average Bonchev–Trinajstić information content (AvgIpc) is 3.71. The summed E-state index contributed by atoms with van der Waals surface area (Å²) in [5, 5.41) is 5.34. The molecule has 0 N–H and O–H groups in total. The lowest BCUT2D eigenvalue weighted by atomic mass is 10.0. The van der Waals surface area contributed by atoms with E-state index in [1.165, 1.54) is 11.8 Å². The van der Waals surface area contributed by atoms with E-state index in [1.807, 2.05) is 37.3 Å². The summed E-state index contributed by atoms with van der Waals surface area (Å²) >= 11 is 0. The number of aryl methyl sites for hydroxylation is 2.